The molecule has 0 radical (unpaired) electrons. The van der Waals surface area contributed by atoms with Gasteiger partial charge in [-0.1, -0.05) is 49.3 Å². The number of rotatable bonds is 5. The summed E-state index contributed by atoms with van der Waals surface area (Å²) in [4.78, 5) is 2.56. The van der Waals surface area contributed by atoms with E-state index in [9.17, 15) is 0 Å². The summed E-state index contributed by atoms with van der Waals surface area (Å²) in [5.41, 5.74) is 1.87. The van der Waals surface area contributed by atoms with Crippen LogP contribution < -0.4 is 0 Å². The minimum Gasteiger partial charge on any atom is -0.306 e. The molecule has 1 saturated heterocycles. The van der Waals surface area contributed by atoms with E-state index in [2.05, 4.69) is 49.8 Å². The molecule has 0 spiro atoms. The fraction of sp³-hybridized carbons (Fsp3) is 0.684. The molecule has 2 fully saturated rings. The van der Waals surface area contributed by atoms with Crippen LogP contribution in [-0.4, -0.2) is 25.0 Å². The van der Waals surface area contributed by atoms with Crippen LogP contribution in [0.4, 0.5) is 0 Å². The van der Waals surface area contributed by atoms with E-state index in [1.807, 2.05) is 0 Å². The lowest BCUT2D eigenvalue weighted by atomic mass is 9.60. The zero-order valence-electron chi connectivity index (χ0n) is 13.4. The second-order valence-electron chi connectivity index (χ2n) is 6.87. The van der Waals surface area contributed by atoms with Gasteiger partial charge in [-0.2, -0.15) is 0 Å². The van der Waals surface area contributed by atoms with Gasteiger partial charge in [0.1, 0.15) is 0 Å². The fourth-order valence-electron chi connectivity index (χ4n) is 4.23. The molecule has 2 rings (SSSR count). The van der Waals surface area contributed by atoms with Crippen LogP contribution in [0.25, 0.3) is 0 Å². The van der Waals surface area contributed by atoms with E-state index in [1.54, 1.807) is 0 Å². The Morgan fingerprint density at radius 3 is 2.95 bits per heavy atom. The topological polar surface area (TPSA) is 3.24 Å². The van der Waals surface area contributed by atoms with Gasteiger partial charge in [0.05, 0.1) is 0 Å². The van der Waals surface area contributed by atoms with E-state index in [1.165, 1.54) is 63.6 Å². The highest BCUT2D eigenvalue weighted by Crippen LogP contribution is 2.49. The Kier molecular flexibility index (Phi) is 5.65. The molecule has 0 N–H and O–H groups in total. The van der Waals surface area contributed by atoms with Gasteiger partial charge in [-0.15, -0.1) is 0 Å². The Labute approximate surface area is 125 Å². The minimum atomic E-state index is 0.586. The first kappa shape index (κ1) is 15.6. The van der Waals surface area contributed by atoms with Crippen molar-refractivity contribution in [1.29, 1.82) is 0 Å². The van der Waals surface area contributed by atoms with E-state index < -0.39 is 0 Å². The number of hydrogen-bond donors (Lipinski definition) is 0. The van der Waals surface area contributed by atoms with Gasteiger partial charge in [0, 0.05) is 6.54 Å². The molecular formula is C19H31N. The lowest BCUT2D eigenvalue weighted by molar-refractivity contribution is -0.00209. The van der Waals surface area contributed by atoms with Gasteiger partial charge >= 0.3 is 0 Å². The highest BCUT2D eigenvalue weighted by atomic mass is 15.1. The molecular weight excluding hydrogens is 242 g/mol. The Balaban J connectivity index is 1.95. The molecule has 112 valence electrons. The summed E-state index contributed by atoms with van der Waals surface area (Å²) < 4.78 is 0. The SMILES string of the molecule is C=C(/C=C\C=C/C)CC[C@]12CCCCC1CCN(C)C2. The Morgan fingerprint density at radius 1 is 1.30 bits per heavy atom. The average molecular weight is 273 g/mol. The lowest BCUT2D eigenvalue weighted by Crippen LogP contribution is -2.48. The Bertz CT molecular complexity index is 379. The molecule has 20 heavy (non-hydrogen) atoms. The molecule has 0 bridgehead atoms. The van der Waals surface area contributed by atoms with Crippen molar-refractivity contribution < 1.29 is 0 Å². The van der Waals surface area contributed by atoms with Crippen molar-refractivity contribution in [2.24, 2.45) is 11.3 Å². The summed E-state index contributed by atoms with van der Waals surface area (Å²) >= 11 is 0. The van der Waals surface area contributed by atoms with Gasteiger partial charge in [0.15, 0.2) is 0 Å². The molecule has 1 saturated carbocycles. The molecule has 2 aliphatic rings. The third kappa shape index (κ3) is 3.85. The van der Waals surface area contributed by atoms with Crippen molar-refractivity contribution in [3.63, 3.8) is 0 Å². The summed E-state index contributed by atoms with van der Waals surface area (Å²) in [5, 5.41) is 0. The zero-order valence-corrected chi connectivity index (χ0v) is 13.4. The van der Waals surface area contributed by atoms with Gasteiger partial charge in [-0.25, -0.2) is 0 Å². The van der Waals surface area contributed by atoms with Crippen molar-refractivity contribution in [3.05, 3.63) is 36.5 Å². The maximum atomic E-state index is 4.23. The second kappa shape index (κ2) is 7.26. The number of likely N-dealkylation sites (tertiary alicyclic amines) is 1. The van der Waals surface area contributed by atoms with E-state index in [0.29, 0.717) is 5.41 Å². The fourth-order valence-corrected chi connectivity index (χ4v) is 4.23. The minimum absolute atomic E-state index is 0.586. The highest BCUT2D eigenvalue weighted by Gasteiger charge is 2.43. The van der Waals surface area contributed by atoms with Crippen LogP contribution in [0.5, 0.6) is 0 Å². The molecule has 1 aliphatic heterocycles. The number of nitrogens with zero attached hydrogens (tertiary/aromatic N) is 1. The molecule has 2 atom stereocenters. The summed E-state index contributed by atoms with van der Waals surface area (Å²) in [6.07, 6.45) is 18.2. The first-order valence-electron chi connectivity index (χ1n) is 8.32. The summed E-state index contributed by atoms with van der Waals surface area (Å²) in [5.74, 6) is 0.972. The van der Waals surface area contributed by atoms with Crippen molar-refractivity contribution in [1.82, 2.24) is 4.90 Å². The Hall–Kier alpha value is -0.820. The first-order chi connectivity index (χ1) is 9.66. The van der Waals surface area contributed by atoms with Crippen LogP contribution in [-0.2, 0) is 0 Å². The molecule has 1 aliphatic carbocycles. The molecule has 1 nitrogen and oxygen atoms in total. The predicted molar refractivity (Wildman–Crippen MR) is 88.8 cm³/mol. The molecule has 0 aromatic rings. The maximum absolute atomic E-state index is 4.23. The monoisotopic (exact) mass is 273 g/mol. The third-order valence-electron chi connectivity index (χ3n) is 5.37. The zero-order chi connectivity index (χ0) is 14.4. The molecule has 1 heterocycles. The van der Waals surface area contributed by atoms with Crippen LogP contribution >= 0.6 is 0 Å². The summed E-state index contributed by atoms with van der Waals surface area (Å²) in [6.45, 7) is 8.89. The normalized spacial score (nSPS) is 31.8. The Morgan fingerprint density at radius 2 is 2.15 bits per heavy atom. The van der Waals surface area contributed by atoms with Crippen LogP contribution in [0.15, 0.2) is 36.5 Å². The van der Waals surface area contributed by atoms with E-state index in [4.69, 9.17) is 0 Å². The standard InChI is InChI=1S/C19H31N/c1-4-5-6-9-17(2)11-14-19-13-8-7-10-18(19)12-15-20(3)16-19/h4-6,9,18H,2,7-8,10-16H2,1,3H3/b5-4-,9-6-/t18?,19-/m0/s1. The number of fused-ring (bicyclic) bond motifs is 1. The van der Waals surface area contributed by atoms with Gasteiger partial charge in [-0.3, -0.25) is 0 Å². The lowest BCUT2D eigenvalue weighted by Gasteiger charge is -2.51. The van der Waals surface area contributed by atoms with Gasteiger partial charge < -0.3 is 4.90 Å². The van der Waals surface area contributed by atoms with Crippen LogP contribution in [0, 0.1) is 11.3 Å². The molecule has 1 heteroatoms. The smallest absolute Gasteiger partial charge is 0.00377 e. The van der Waals surface area contributed by atoms with Gasteiger partial charge in [0.25, 0.3) is 0 Å². The van der Waals surface area contributed by atoms with E-state index in [0.717, 1.165) is 5.92 Å². The maximum Gasteiger partial charge on any atom is 0.00377 e. The van der Waals surface area contributed by atoms with Gasteiger partial charge in [-0.05, 0) is 64.0 Å². The van der Waals surface area contributed by atoms with Crippen LogP contribution in [0.2, 0.25) is 0 Å². The molecule has 0 aromatic heterocycles. The highest BCUT2D eigenvalue weighted by molar-refractivity contribution is 5.19. The quantitative estimate of drug-likeness (QED) is 0.639. The first-order valence-corrected chi connectivity index (χ1v) is 8.32. The molecule has 0 amide bonds. The third-order valence-corrected chi connectivity index (χ3v) is 5.37. The van der Waals surface area contributed by atoms with Crippen molar-refractivity contribution in [3.8, 4) is 0 Å². The van der Waals surface area contributed by atoms with Crippen molar-refractivity contribution in [2.75, 3.05) is 20.1 Å². The summed E-state index contributed by atoms with van der Waals surface area (Å²) in [6, 6.07) is 0. The largest absolute Gasteiger partial charge is 0.306 e. The molecule has 0 aromatic carbocycles. The summed E-state index contributed by atoms with van der Waals surface area (Å²) in [7, 11) is 2.30. The second-order valence-corrected chi connectivity index (χ2v) is 6.87. The predicted octanol–water partition coefficient (Wildman–Crippen LogP) is 4.97. The number of allylic oxidation sites excluding steroid dienone is 5. The number of piperidine rings is 1. The van der Waals surface area contributed by atoms with E-state index >= 15 is 0 Å². The van der Waals surface area contributed by atoms with Crippen LogP contribution in [0.3, 0.4) is 0 Å². The van der Waals surface area contributed by atoms with Crippen LogP contribution in [0.1, 0.15) is 51.9 Å². The average Bonchev–Trinajstić information content (AvgIpc) is 2.45. The molecule has 1 unspecified atom stereocenters. The number of hydrogen-bond acceptors (Lipinski definition) is 1. The van der Waals surface area contributed by atoms with Crippen molar-refractivity contribution >= 4 is 0 Å². The van der Waals surface area contributed by atoms with Crippen molar-refractivity contribution in [2.45, 2.75) is 51.9 Å². The van der Waals surface area contributed by atoms with E-state index in [-0.39, 0.29) is 0 Å². The van der Waals surface area contributed by atoms with Gasteiger partial charge in [0.2, 0.25) is 0 Å².